The molecule has 0 unspecified atom stereocenters. The van der Waals surface area contributed by atoms with Crippen LogP contribution in [0.2, 0.25) is 0 Å². The fourth-order valence-corrected chi connectivity index (χ4v) is 2.94. The van der Waals surface area contributed by atoms with E-state index in [-0.39, 0.29) is 18.3 Å². The largest absolute Gasteiger partial charge is 0.491 e. The second kappa shape index (κ2) is 6.22. The molecule has 1 aliphatic rings. The Balaban J connectivity index is 2.18. The highest BCUT2D eigenvalue weighted by Crippen LogP contribution is 2.38. The Labute approximate surface area is 131 Å². The van der Waals surface area contributed by atoms with Gasteiger partial charge in [0.1, 0.15) is 0 Å². The lowest BCUT2D eigenvalue weighted by molar-refractivity contribution is 0.00578. The first kappa shape index (κ1) is 16.7. The first-order chi connectivity index (χ1) is 9.79. The van der Waals surface area contributed by atoms with Crippen LogP contribution in [-0.4, -0.2) is 32.0 Å². The molecular weight excluding hydrogens is 285 g/mol. The molecule has 1 aromatic heterocycles. The van der Waals surface area contributed by atoms with Gasteiger partial charge in [0.05, 0.1) is 17.8 Å². The summed E-state index contributed by atoms with van der Waals surface area (Å²) in [4.78, 5) is 1.19. The lowest BCUT2D eigenvalue weighted by Gasteiger charge is -2.32. The summed E-state index contributed by atoms with van der Waals surface area (Å²) in [5.41, 5.74) is 7.27. The van der Waals surface area contributed by atoms with Crippen molar-refractivity contribution in [1.82, 2.24) is 0 Å². The summed E-state index contributed by atoms with van der Waals surface area (Å²) in [6.45, 7) is 9.22. The van der Waals surface area contributed by atoms with Gasteiger partial charge in [0, 0.05) is 18.5 Å². The van der Waals surface area contributed by atoms with Crippen LogP contribution in [0.4, 0.5) is 0 Å². The van der Waals surface area contributed by atoms with Gasteiger partial charge in [-0.25, -0.2) is 0 Å². The minimum absolute atomic E-state index is 0.345. The van der Waals surface area contributed by atoms with Gasteiger partial charge < -0.3 is 19.8 Å². The predicted octanol–water partition coefficient (Wildman–Crippen LogP) is 2.87. The summed E-state index contributed by atoms with van der Waals surface area (Å²) < 4.78 is 17.2. The maximum Gasteiger partial charge on any atom is 0.491 e. The second-order valence-electron chi connectivity index (χ2n) is 6.29. The molecule has 0 radical (unpaired) electrons. The van der Waals surface area contributed by atoms with E-state index in [0.29, 0.717) is 13.2 Å². The van der Waals surface area contributed by atoms with E-state index in [4.69, 9.17) is 19.8 Å². The average molecular weight is 309 g/mol. The van der Waals surface area contributed by atoms with Crippen LogP contribution in [0.5, 0.6) is 0 Å². The number of ether oxygens (including phenoxy) is 1. The molecule has 2 heterocycles. The molecule has 4 nitrogen and oxygen atoms in total. The lowest BCUT2D eigenvalue weighted by atomic mass is 9.77. The van der Waals surface area contributed by atoms with Crippen LogP contribution in [-0.2, 0) is 20.7 Å². The minimum atomic E-state index is -0.384. The number of methoxy groups -OCH3 is 1. The number of rotatable bonds is 5. The standard InChI is InChI=1S/C15H24BNO3S/c1-14(2)15(3,4)20-16(19-14)12(8-17)6-11-7-13(9-18-5)21-10-11/h6-7,10H,8-9,17H2,1-5H3. The van der Waals surface area contributed by atoms with Gasteiger partial charge in [-0.1, -0.05) is 6.08 Å². The van der Waals surface area contributed by atoms with Gasteiger partial charge in [-0.3, -0.25) is 0 Å². The van der Waals surface area contributed by atoms with Gasteiger partial charge in [-0.05, 0) is 50.2 Å². The molecule has 1 saturated heterocycles. The summed E-state index contributed by atoms with van der Waals surface area (Å²) in [7, 11) is 1.32. The quantitative estimate of drug-likeness (QED) is 0.850. The van der Waals surface area contributed by atoms with Gasteiger partial charge in [0.15, 0.2) is 0 Å². The molecule has 0 saturated carbocycles. The van der Waals surface area contributed by atoms with E-state index in [0.717, 1.165) is 11.0 Å². The molecule has 1 aromatic rings. The Morgan fingerprint density at radius 2 is 1.95 bits per heavy atom. The second-order valence-corrected chi connectivity index (χ2v) is 7.29. The summed E-state index contributed by atoms with van der Waals surface area (Å²) >= 11 is 1.68. The number of nitrogens with two attached hydrogens (primary N) is 1. The van der Waals surface area contributed by atoms with E-state index in [9.17, 15) is 0 Å². The van der Waals surface area contributed by atoms with Crippen LogP contribution in [0.1, 0.15) is 38.1 Å². The Kier molecular flexibility index (Phi) is 4.95. The first-order valence-corrected chi connectivity index (χ1v) is 7.99. The smallest absolute Gasteiger partial charge is 0.400 e. The van der Waals surface area contributed by atoms with Gasteiger partial charge in [-0.2, -0.15) is 0 Å². The molecule has 2 N–H and O–H groups in total. The Morgan fingerprint density at radius 3 is 2.48 bits per heavy atom. The highest BCUT2D eigenvalue weighted by Gasteiger charge is 2.52. The predicted molar refractivity (Wildman–Crippen MR) is 88.1 cm³/mol. The molecule has 2 rings (SSSR count). The maximum absolute atomic E-state index is 6.05. The molecule has 1 aliphatic heterocycles. The van der Waals surface area contributed by atoms with Crippen molar-refractivity contribution in [1.29, 1.82) is 0 Å². The van der Waals surface area contributed by atoms with E-state index < -0.39 is 0 Å². The van der Waals surface area contributed by atoms with Gasteiger partial charge in [0.25, 0.3) is 0 Å². The summed E-state index contributed by atoms with van der Waals surface area (Å²) in [5.74, 6) is 0. The number of thiophene rings is 1. The molecule has 0 aliphatic carbocycles. The Bertz CT molecular complexity index is 509. The average Bonchev–Trinajstić information content (AvgIpc) is 2.90. The molecule has 0 bridgehead atoms. The Morgan fingerprint density at radius 1 is 1.33 bits per heavy atom. The van der Waals surface area contributed by atoms with Crippen LogP contribution in [0.15, 0.2) is 16.9 Å². The number of hydrogen-bond donors (Lipinski definition) is 1. The maximum atomic E-state index is 6.05. The van der Waals surface area contributed by atoms with Crippen LogP contribution >= 0.6 is 11.3 Å². The van der Waals surface area contributed by atoms with Crippen molar-refractivity contribution in [3.05, 3.63) is 27.4 Å². The van der Waals surface area contributed by atoms with Crippen LogP contribution in [0.25, 0.3) is 6.08 Å². The molecule has 21 heavy (non-hydrogen) atoms. The van der Waals surface area contributed by atoms with Gasteiger partial charge in [-0.15, -0.1) is 11.3 Å². The van der Waals surface area contributed by atoms with E-state index in [2.05, 4.69) is 17.5 Å². The minimum Gasteiger partial charge on any atom is -0.400 e. The molecule has 0 spiro atoms. The zero-order valence-electron chi connectivity index (χ0n) is 13.4. The SMILES string of the molecule is COCc1cc(C=C(CN)B2OC(C)(C)C(C)(C)O2)cs1. The highest BCUT2D eigenvalue weighted by molar-refractivity contribution is 7.10. The third kappa shape index (κ3) is 3.58. The third-order valence-corrected chi connectivity index (χ3v) is 5.03. The monoisotopic (exact) mass is 309 g/mol. The van der Waals surface area contributed by atoms with Crippen molar-refractivity contribution in [2.45, 2.75) is 45.5 Å². The normalized spacial score (nSPS) is 21.0. The van der Waals surface area contributed by atoms with E-state index in [1.54, 1.807) is 18.4 Å². The number of hydrogen-bond acceptors (Lipinski definition) is 5. The summed E-state index contributed by atoms with van der Waals surface area (Å²) in [6.07, 6.45) is 2.05. The molecule has 0 amide bonds. The topological polar surface area (TPSA) is 53.7 Å². The van der Waals surface area contributed by atoms with E-state index in [1.165, 1.54) is 4.88 Å². The van der Waals surface area contributed by atoms with E-state index in [1.807, 2.05) is 27.7 Å². The van der Waals surface area contributed by atoms with Crippen LogP contribution < -0.4 is 5.73 Å². The molecule has 0 aromatic carbocycles. The van der Waals surface area contributed by atoms with Gasteiger partial charge in [0.2, 0.25) is 0 Å². The van der Waals surface area contributed by atoms with Gasteiger partial charge >= 0.3 is 7.12 Å². The summed E-state index contributed by atoms with van der Waals surface area (Å²) in [5, 5.41) is 2.09. The first-order valence-electron chi connectivity index (χ1n) is 7.11. The molecule has 6 heteroatoms. The molecule has 0 atom stereocenters. The zero-order chi connectivity index (χ0) is 15.7. The highest BCUT2D eigenvalue weighted by atomic mass is 32.1. The van der Waals surface area contributed by atoms with E-state index >= 15 is 0 Å². The molecular formula is C15H24BNO3S. The summed E-state index contributed by atoms with van der Waals surface area (Å²) in [6, 6.07) is 2.11. The van der Waals surface area contributed by atoms with Crippen molar-refractivity contribution in [3.8, 4) is 0 Å². The van der Waals surface area contributed by atoms with Crippen molar-refractivity contribution in [2.75, 3.05) is 13.7 Å². The fraction of sp³-hybridized carbons (Fsp3) is 0.600. The third-order valence-electron chi connectivity index (χ3n) is 4.10. The Hall–Kier alpha value is -0.655. The van der Waals surface area contributed by atoms with Crippen LogP contribution in [0, 0.1) is 0 Å². The van der Waals surface area contributed by atoms with Crippen molar-refractivity contribution >= 4 is 24.5 Å². The molecule has 1 fully saturated rings. The zero-order valence-corrected chi connectivity index (χ0v) is 14.3. The van der Waals surface area contributed by atoms with Crippen LogP contribution in [0.3, 0.4) is 0 Å². The van der Waals surface area contributed by atoms with Crippen molar-refractivity contribution < 1.29 is 14.0 Å². The van der Waals surface area contributed by atoms with Crippen molar-refractivity contribution in [2.24, 2.45) is 5.73 Å². The fourth-order valence-electron chi connectivity index (χ4n) is 2.12. The molecule has 116 valence electrons. The van der Waals surface area contributed by atoms with Crippen molar-refractivity contribution in [3.63, 3.8) is 0 Å². The lowest BCUT2D eigenvalue weighted by Crippen LogP contribution is -2.41.